The minimum absolute atomic E-state index is 0.0657. The van der Waals surface area contributed by atoms with E-state index in [1.165, 1.54) is 0 Å². The van der Waals surface area contributed by atoms with Gasteiger partial charge in [-0.1, -0.05) is 12.1 Å². The van der Waals surface area contributed by atoms with Crippen LogP contribution in [-0.2, 0) is 16.1 Å². The SMILES string of the molecule is COc1ccc(NC(=O)CN(C)CC(=O)N(C)Cc2nc3ccccc3s2)cc1. The Balaban J connectivity index is 1.47. The number of hydrogen-bond acceptors (Lipinski definition) is 6. The molecule has 3 rings (SSSR count). The van der Waals surface area contributed by atoms with Crippen molar-refractivity contribution < 1.29 is 14.3 Å². The van der Waals surface area contributed by atoms with Crippen LogP contribution in [0.4, 0.5) is 5.69 Å². The number of thiazole rings is 1. The summed E-state index contributed by atoms with van der Waals surface area (Å²) in [4.78, 5) is 32.6. The maximum absolute atomic E-state index is 12.5. The maximum atomic E-state index is 12.5. The quantitative estimate of drug-likeness (QED) is 0.616. The highest BCUT2D eigenvalue weighted by Gasteiger charge is 2.16. The van der Waals surface area contributed by atoms with Gasteiger partial charge in [-0.15, -0.1) is 11.3 Å². The number of carbonyl (C=O) groups excluding carboxylic acids is 2. The zero-order valence-corrected chi connectivity index (χ0v) is 17.5. The molecule has 152 valence electrons. The smallest absolute Gasteiger partial charge is 0.238 e. The zero-order chi connectivity index (χ0) is 20.8. The van der Waals surface area contributed by atoms with Crippen LogP contribution in [0, 0.1) is 0 Å². The van der Waals surface area contributed by atoms with Gasteiger partial charge in [0.15, 0.2) is 0 Å². The van der Waals surface area contributed by atoms with Gasteiger partial charge in [0.2, 0.25) is 11.8 Å². The Morgan fingerprint density at radius 3 is 2.48 bits per heavy atom. The topological polar surface area (TPSA) is 74.8 Å². The molecule has 0 bridgehead atoms. The van der Waals surface area contributed by atoms with Crippen molar-refractivity contribution in [1.29, 1.82) is 0 Å². The second-order valence-electron chi connectivity index (χ2n) is 6.77. The van der Waals surface area contributed by atoms with Crippen LogP contribution < -0.4 is 10.1 Å². The summed E-state index contributed by atoms with van der Waals surface area (Å²) in [7, 11) is 5.09. The van der Waals surface area contributed by atoms with Crippen molar-refractivity contribution in [3.05, 3.63) is 53.5 Å². The van der Waals surface area contributed by atoms with Crippen LogP contribution >= 0.6 is 11.3 Å². The number of likely N-dealkylation sites (N-methyl/N-ethyl adjacent to an activating group) is 2. The lowest BCUT2D eigenvalue weighted by atomic mass is 10.3. The summed E-state index contributed by atoms with van der Waals surface area (Å²) in [6.45, 7) is 0.717. The number of aromatic nitrogens is 1. The number of anilines is 1. The van der Waals surface area contributed by atoms with Gasteiger partial charge < -0.3 is 15.0 Å². The van der Waals surface area contributed by atoms with Crippen molar-refractivity contribution >= 4 is 39.1 Å². The van der Waals surface area contributed by atoms with E-state index >= 15 is 0 Å². The van der Waals surface area contributed by atoms with Gasteiger partial charge in [0, 0.05) is 12.7 Å². The molecule has 0 unspecified atom stereocenters. The highest BCUT2D eigenvalue weighted by Crippen LogP contribution is 2.22. The highest BCUT2D eigenvalue weighted by molar-refractivity contribution is 7.18. The van der Waals surface area contributed by atoms with Crippen molar-refractivity contribution in [2.75, 3.05) is 39.6 Å². The lowest BCUT2D eigenvalue weighted by molar-refractivity contribution is -0.131. The molecule has 2 amide bonds. The molecule has 0 radical (unpaired) electrons. The Bertz CT molecular complexity index is 954. The zero-order valence-electron chi connectivity index (χ0n) is 16.7. The van der Waals surface area contributed by atoms with Gasteiger partial charge in [0.1, 0.15) is 10.8 Å². The van der Waals surface area contributed by atoms with E-state index in [4.69, 9.17) is 4.74 Å². The minimum atomic E-state index is -0.181. The van der Waals surface area contributed by atoms with Gasteiger partial charge in [0.25, 0.3) is 0 Å². The second-order valence-corrected chi connectivity index (χ2v) is 7.89. The first-order chi connectivity index (χ1) is 13.9. The van der Waals surface area contributed by atoms with Gasteiger partial charge in [-0.2, -0.15) is 0 Å². The molecule has 0 aliphatic heterocycles. The van der Waals surface area contributed by atoms with E-state index in [9.17, 15) is 9.59 Å². The number of benzene rings is 2. The molecule has 0 saturated carbocycles. The number of carbonyl (C=O) groups is 2. The fourth-order valence-electron chi connectivity index (χ4n) is 2.81. The average molecular weight is 413 g/mol. The van der Waals surface area contributed by atoms with Crippen molar-refractivity contribution in [3.8, 4) is 5.75 Å². The number of nitrogens with one attached hydrogen (secondary N) is 1. The molecule has 1 N–H and O–H groups in total. The van der Waals surface area contributed by atoms with E-state index in [0.717, 1.165) is 21.0 Å². The van der Waals surface area contributed by atoms with Gasteiger partial charge in [-0.3, -0.25) is 14.5 Å². The third-order valence-corrected chi connectivity index (χ3v) is 5.35. The normalized spacial score (nSPS) is 10.9. The number of fused-ring (bicyclic) bond motifs is 1. The summed E-state index contributed by atoms with van der Waals surface area (Å²) in [5.74, 6) is 0.477. The molecule has 0 aliphatic rings. The second kappa shape index (κ2) is 9.49. The Hall–Kier alpha value is -2.97. The molecule has 1 aromatic heterocycles. The number of ether oxygens (including phenoxy) is 1. The number of amides is 2. The van der Waals surface area contributed by atoms with Crippen molar-refractivity contribution in [2.45, 2.75) is 6.54 Å². The van der Waals surface area contributed by atoms with E-state index in [2.05, 4.69) is 10.3 Å². The fraction of sp³-hybridized carbons (Fsp3) is 0.286. The van der Waals surface area contributed by atoms with Gasteiger partial charge >= 0.3 is 0 Å². The Labute approximate surface area is 173 Å². The standard InChI is InChI=1S/C21H24N4O3S/c1-24(12-19(26)22-15-8-10-16(28-3)11-9-15)14-21(27)25(2)13-20-23-17-6-4-5-7-18(17)29-20/h4-11H,12-14H2,1-3H3,(H,22,26). The predicted octanol–water partition coefficient (Wildman–Crippen LogP) is 2.83. The highest BCUT2D eigenvalue weighted by atomic mass is 32.1. The molecule has 0 atom stereocenters. The van der Waals surface area contributed by atoms with Crippen LogP contribution in [0.2, 0.25) is 0 Å². The van der Waals surface area contributed by atoms with E-state index < -0.39 is 0 Å². The van der Waals surface area contributed by atoms with Crippen LogP contribution in [0.5, 0.6) is 5.75 Å². The van der Waals surface area contributed by atoms with Crippen LogP contribution in [-0.4, -0.2) is 60.9 Å². The molecular weight excluding hydrogens is 388 g/mol. The first kappa shape index (κ1) is 20.8. The number of methoxy groups -OCH3 is 1. The Morgan fingerprint density at radius 1 is 1.07 bits per heavy atom. The molecule has 2 aromatic carbocycles. The molecule has 0 aliphatic carbocycles. The van der Waals surface area contributed by atoms with Gasteiger partial charge in [-0.05, 0) is 43.4 Å². The average Bonchev–Trinajstić information content (AvgIpc) is 3.10. The predicted molar refractivity (Wildman–Crippen MR) is 115 cm³/mol. The molecule has 29 heavy (non-hydrogen) atoms. The number of rotatable bonds is 8. The van der Waals surface area contributed by atoms with E-state index in [1.807, 2.05) is 24.3 Å². The monoisotopic (exact) mass is 412 g/mol. The molecule has 8 heteroatoms. The summed E-state index contributed by atoms with van der Waals surface area (Å²) in [5, 5.41) is 3.70. The van der Waals surface area contributed by atoms with Crippen molar-refractivity contribution in [1.82, 2.24) is 14.8 Å². The number of hydrogen-bond donors (Lipinski definition) is 1. The molecule has 3 aromatic rings. The summed E-state index contributed by atoms with van der Waals surface area (Å²) in [5.41, 5.74) is 1.63. The van der Waals surface area contributed by atoms with Crippen molar-refractivity contribution in [3.63, 3.8) is 0 Å². The summed E-state index contributed by atoms with van der Waals surface area (Å²) < 4.78 is 6.20. The lowest BCUT2D eigenvalue weighted by Crippen LogP contribution is -2.39. The minimum Gasteiger partial charge on any atom is -0.497 e. The van der Waals surface area contributed by atoms with Gasteiger partial charge in [0.05, 0.1) is 37.0 Å². The molecule has 1 heterocycles. The van der Waals surface area contributed by atoms with Crippen LogP contribution in [0.1, 0.15) is 5.01 Å². The molecule has 0 saturated heterocycles. The number of nitrogens with zero attached hydrogens (tertiary/aromatic N) is 3. The summed E-state index contributed by atoms with van der Waals surface area (Å²) >= 11 is 1.58. The van der Waals surface area contributed by atoms with Gasteiger partial charge in [-0.25, -0.2) is 4.98 Å². The van der Waals surface area contributed by atoms with Crippen LogP contribution in [0.15, 0.2) is 48.5 Å². The lowest BCUT2D eigenvalue weighted by Gasteiger charge is -2.21. The van der Waals surface area contributed by atoms with Crippen molar-refractivity contribution in [2.24, 2.45) is 0 Å². The van der Waals surface area contributed by atoms with E-state index in [-0.39, 0.29) is 24.9 Å². The van der Waals surface area contributed by atoms with Crippen LogP contribution in [0.25, 0.3) is 10.2 Å². The maximum Gasteiger partial charge on any atom is 0.238 e. The Morgan fingerprint density at radius 2 is 1.79 bits per heavy atom. The van der Waals surface area contributed by atoms with E-state index in [1.54, 1.807) is 66.6 Å². The summed E-state index contributed by atoms with van der Waals surface area (Å²) in [6, 6.07) is 15.0. The fourth-order valence-corrected chi connectivity index (χ4v) is 3.83. The molecule has 0 spiro atoms. The molecule has 0 fully saturated rings. The third kappa shape index (κ3) is 5.75. The first-order valence-electron chi connectivity index (χ1n) is 9.15. The summed E-state index contributed by atoms with van der Waals surface area (Å²) in [6.07, 6.45) is 0. The number of para-hydroxylation sites is 1. The Kier molecular flexibility index (Phi) is 6.79. The molecular formula is C21H24N4O3S. The first-order valence-corrected chi connectivity index (χ1v) is 9.97. The van der Waals surface area contributed by atoms with Crippen LogP contribution in [0.3, 0.4) is 0 Å². The van der Waals surface area contributed by atoms with E-state index in [0.29, 0.717) is 12.2 Å². The molecule has 7 nitrogen and oxygen atoms in total. The third-order valence-electron chi connectivity index (χ3n) is 4.33. The largest absolute Gasteiger partial charge is 0.497 e.